The Morgan fingerprint density at radius 2 is 1.50 bits per heavy atom. The van der Waals surface area contributed by atoms with E-state index in [1.807, 2.05) is 12.1 Å². The summed E-state index contributed by atoms with van der Waals surface area (Å²) in [5.74, 6) is 0. The van der Waals surface area contributed by atoms with E-state index in [9.17, 15) is 5.11 Å². The summed E-state index contributed by atoms with van der Waals surface area (Å²) in [5, 5.41) is 11.5. The zero-order valence-corrected chi connectivity index (χ0v) is 14.1. The highest BCUT2D eigenvalue weighted by Gasteiger charge is 2.37. The lowest BCUT2D eigenvalue weighted by Gasteiger charge is -2.38. The van der Waals surface area contributed by atoms with Crippen molar-refractivity contribution in [2.24, 2.45) is 0 Å². The molecule has 0 bridgehead atoms. The summed E-state index contributed by atoms with van der Waals surface area (Å²) < 4.78 is 0. The van der Waals surface area contributed by atoms with E-state index in [0.717, 1.165) is 59.3 Å². The molecule has 0 spiro atoms. The monoisotopic (exact) mass is 317 g/mol. The summed E-state index contributed by atoms with van der Waals surface area (Å²) in [6.45, 7) is 6.18. The Labute approximate surface area is 143 Å². The van der Waals surface area contributed by atoms with Gasteiger partial charge in [-0.05, 0) is 59.4 Å². The third-order valence-electron chi connectivity index (χ3n) is 5.44. The van der Waals surface area contributed by atoms with Crippen LogP contribution in [0.1, 0.15) is 35.1 Å². The minimum absolute atomic E-state index is 0.762. The van der Waals surface area contributed by atoms with Crippen molar-refractivity contribution in [1.29, 1.82) is 0 Å². The molecular weight excluding hydrogens is 294 g/mol. The highest BCUT2D eigenvalue weighted by atomic mass is 16.3. The first kappa shape index (κ1) is 15.4. The van der Waals surface area contributed by atoms with Crippen LogP contribution in [0.3, 0.4) is 0 Å². The highest BCUT2D eigenvalue weighted by molar-refractivity contribution is 5.99. The lowest BCUT2D eigenvalue weighted by Crippen LogP contribution is -2.43. The minimum Gasteiger partial charge on any atom is -0.385 e. The summed E-state index contributed by atoms with van der Waals surface area (Å²) in [6, 6.07) is 16.7. The topological polar surface area (TPSA) is 23.5 Å². The fraction of sp³-hybridized carbons (Fsp3) is 0.273. The number of piperidine rings is 1. The van der Waals surface area contributed by atoms with E-state index < -0.39 is 5.60 Å². The Hall–Kier alpha value is -2.16. The second kappa shape index (κ2) is 5.73. The molecule has 0 amide bonds. The molecule has 24 heavy (non-hydrogen) atoms. The quantitative estimate of drug-likeness (QED) is 0.857. The predicted octanol–water partition coefficient (Wildman–Crippen LogP) is 4.06. The summed E-state index contributed by atoms with van der Waals surface area (Å²) in [4.78, 5) is 2.28. The van der Waals surface area contributed by atoms with Gasteiger partial charge in [-0.2, -0.15) is 0 Å². The van der Waals surface area contributed by atoms with Gasteiger partial charge in [-0.25, -0.2) is 0 Å². The van der Waals surface area contributed by atoms with Crippen molar-refractivity contribution in [2.45, 2.75) is 18.4 Å². The maximum atomic E-state index is 11.5. The molecule has 2 heteroatoms. The molecular formula is C22H23NO. The highest BCUT2D eigenvalue weighted by Crippen LogP contribution is 2.43. The Morgan fingerprint density at radius 3 is 2.21 bits per heavy atom. The third-order valence-corrected chi connectivity index (χ3v) is 5.44. The molecule has 4 rings (SSSR count). The van der Waals surface area contributed by atoms with Gasteiger partial charge in [0.2, 0.25) is 0 Å². The Balaban J connectivity index is 1.93. The second-order valence-corrected chi connectivity index (χ2v) is 7.00. The summed E-state index contributed by atoms with van der Waals surface area (Å²) >= 11 is 0. The molecule has 1 heterocycles. The van der Waals surface area contributed by atoms with Crippen molar-refractivity contribution < 1.29 is 5.11 Å². The Bertz CT molecular complexity index is 825. The van der Waals surface area contributed by atoms with Gasteiger partial charge in [0.1, 0.15) is 0 Å². The van der Waals surface area contributed by atoms with Crippen LogP contribution < -0.4 is 0 Å². The molecule has 2 aromatic rings. The van der Waals surface area contributed by atoms with E-state index in [2.05, 4.69) is 61.0 Å². The first-order valence-corrected chi connectivity index (χ1v) is 8.60. The van der Waals surface area contributed by atoms with Crippen LogP contribution in [-0.4, -0.2) is 35.7 Å². The number of likely N-dealkylation sites (tertiary alicyclic amines) is 1. The smallest absolute Gasteiger partial charge is 0.0927 e. The molecule has 1 N–H and O–H groups in total. The number of aliphatic hydroxyl groups is 1. The Morgan fingerprint density at radius 1 is 0.917 bits per heavy atom. The van der Waals surface area contributed by atoms with Crippen LogP contribution in [0, 0.1) is 0 Å². The molecule has 0 unspecified atom stereocenters. The molecule has 2 nitrogen and oxygen atoms in total. The van der Waals surface area contributed by atoms with Crippen LogP contribution in [0.4, 0.5) is 0 Å². The van der Waals surface area contributed by atoms with E-state index >= 15 is 0 Å². The van der Waals surface area contributed by atoms with Crippen LogP contribution in [0.15, 0.2) is 55.1 Å². The van der Waals surface area contributed by atoms with Gasteiger partial charge < -0.3 is 10.0 Å². The molecule has 0 aromatic heterocycles. The maximum absolute atomic E-state index is 11.5. The lowest BCUT2D eigenvalue weighted by molar-refractivity contribution is 0.0359. The van der Waals surface area contributed by atoms with Gasteiger partial charge in [0, 0.05) is 13.1 Å². The molecule has 0 saturated carbocycles. The van der Waals surface area contributed by atoms with Crippen molar-refractivity contribution in [2.75, 3.05) is 20.1 Å². The molecule has 1 aliphatic heterocycles. The average Bonchev–Trinajstić information content (AvgIpc) is 2.74. The summed E-state index contributed by atoms with van der Waals surface area (Å²) in [7, 11) is 2.12. The van der Waals surface area contributed by atoms with Crippen molar-refractivity contribution >= 4 is 17.2 Å². The SMILES string of the molecule is C=C1c2ccccc2C=C(C2(O)CCN(C)CC2)c2ccccc21. The molecule has 0 atom stereocenters. The number of fused-ring (bicyclic) bond motifs is 2. The van der Waals surface area contributed by atoms with Gasteiger partial charge in [0.25, 0.3) is 0 Å². The molecule has 122 valence electrons. The lowest BCUT2D eigenvalue weighted by atomic mass is 9.79. The van der Waals surface area contributed by atoms with Gasteiger partial charge in [-0.15, -0.1) is 0 Å². The van der Waals surface area contributed by atoms with Crippen molar-refractivity contribution in [3.63, 3.8) is 0 Å². The van der Waals surface area contributed by atoms with Crippen molar-refractivity contribution in [3.8, 4) is 0 Å². The van der Waals surface area contributed by atoms with Crippen LogP contribution in [0.5, 0.6) is 0 Å². The van der Waals surface area contributed by atoms with Crippen molar-refractivity contribution in [1.82, 2.24) is 4.90 Å². The van der Waals surface area contributed by atoms with Gasteiger partial charge in [0.15, 0.2) is 0 Å². The van der Waals surface area contributed by atoms with Crippen LogP contribution in [0.25, 0.3) is 17.2 Å². The van der Waals surface area contributed by atoms with E-state index in [1.165, 1.54) is 0 Å². The van der Waals surface area contributed by atoms with Gasteiger partial charge in [0.05, 0.1) is 5.60 Å². The number of rotatable bonds is 1. The van der Waals surface area contributed by atoms with E-state index in [0.29, 0.717) is 0 Å². The molecule has 0 radical (unpaired) electrons. The van der Waals surface area contributed by atoms with E-state index in [4.69, 9.17) is 0 Å². The largest absolute Gasteiger partial charge is 0.385 e. The standard InChI is InChI=1S/C22H23NO/c1-16-18-8-4-3-7-17(18)15-21(20-10-6-5-9-19(16)20)22(24)11-13-23(2)14-12-22/h3-10,15,24H,1,11-14H2,2H3. The zero-order chi connectivity index (χ0) is 16.7. The Kier molecular flexibility index (Phi) is 3.67. The van der Waals surface area contributed by atoms with Crippen molar-refractivity contribution in [3.05, 3.63) is 77.4 Å². The van der Waals surface area contributed by atoms with E-state index in [-0.39, 0.29) is 0 Å². The van der Waals surface area contributed by atoms with Crippen LogP contribution >= 0.6 is 0 Å². The first-order valence-electron chi connectivity index (χ1n) is 8.60. The van der Waals surface area contributed by atoms with Crippen LogP contribution in [-0.2, 0) is 0 Å². The normalized spacial score (nSPS) is 19.9. The second-order valence-electron chi connectivity index (χ2n) is 7.00. The molecule has 2 aromatic carbocycles. The number of hydrogen-bond donors (Lipinski definition) is 1. The molecule has 1 fully saturated rings. The summed E-state index contributed by atoms with van der Waals surface area (Å²) in [6.07, 6.45) is 3.70. The predicted molar refractivity (Wildman–Crippen MR) is 101 cm³/mol. The summed E-state index contributed by atoms with van der Waals surface area (Å²) in [5.41, 5.74) is 5.82. The molecule has 1 saturated heterocycles. The average molecular weight is 317 g/mol. The minimum atomic E-state index is -0.777. The first-order chi connectivity index (χ1) is 11.6. The fourth-order valence-corrected chi connectivity index (χ4v) is 3.90. The number of nitrogens with zero attached hydrogens (tertiary/aromatic N) is 1. The van der Waals surface area contributed by atoms with Gasteiger partial charge in [-0.1, -0.05) is 55.1 Å². The fourth-order valence-electron chi connectivity index (χ4n) is 3.90. The van der Waals surface area contributed by atoms with Gasteiger partial charge in [-0.3, -0.25) is 0 Å². The zero-order valence-electron chi connectivity index (χ0n) is 14.1. The third kappa shape index (κ3) is 2.43. The van der Waals surface area contributed by atoms with E-state index in [1.54, 1.807) is 0 Å². The number of benzene rings is 2. The number of hydrogen-bond acceptors (Lipinski definition) is 2. The maximum Gasteiger partial charge on any atom is 0.0927 e. The molecule has 2 aliphatic rings. The van der Waals surface area contributed by atoms with Gasteiger partial charge >= 0.3 is 0 Å². The molecule has 1 aliphatic carbocycles. The van der Waals surface area contributed by atoms with Crippen LogP contribution in [0.2, 0.25) is 0 Å².